The molecule has 0 N–H and O–H groups in total. The van der Waals surface area contributed by atoms with E-state index in [1.807, 2.05) is 13.8 Å². The molecule has 0 aromatic carbocycles. The van der Waals surface area contributed by atoms with Crippen LogP contribution in [0.5, 0.6) is 0 Å². The highest BCUT2D eigenvalue weighted by atomic mass is 127. The summed E-state index contributed by atoms with van der Waals surface area (Å²) in [5, 5.41) is 0. The van der Waals surface area contributed by atoms with Gasteiger partial charge in [0.1, 0.15) is 0 Å². The molecule has 0 saturated carbocycles. The second-order valence-corrected chi connectivity index (χ2v) is 5.57. The third-order valence-electron chi connectivity index (χ3n) is 2.09. The fourth-order valence-electron chi connectivity index (χ4n) is 1.31. The van der Waals surface area contributed by atoms with Crippen LogP contribution in [-0.4, -0.2) is 23.4 Å². The van der Waals surface area contributed by atoms with Crippen molar-refractivity contribution in [1.82, 2.24) is 0 Å². The van der Waals surface area contributed by atoms with Crippen molar-refractivity contribution in [3.63, 3.8) is 0 Å². The molecule has 0 aromatic heterocycles. The van der Waals surface area contributed by atoms with Gasteiger partial charge >= 0.3 is 0 Å². The molecule has 0 amide bonds. The van der Waals surface area contributed by atoms with Crippen molar-refractivity contribution in [3.05, 3.63) is 0 Å². The zero-order valence-corrected chi connectivity index (χ0v) is 12.1. The van der Waals surface area contributed by atoms with Crippen LogP contribution in [0.2, 0.25) is 0 Å². The van der Waals surface area contributed by atoms with Crippen LogP contribution in [0.15, 0.2) is 0 Å². The first kappa shape index (κ1) is 14.6. The fraction of sp³-hybridized carbons (Fsp3) is 1.00. The average Bonchev–Trinajstić information content (AvgIpc) is 2.02. The molecule has 0 rings (SSSR count). The van der Waals surface area contributed by atoms with E-state index in [-0.39, 0.29) is 17.8 Å². The van der Waals surface area contributed by atoms with E-state index in [1.165, 1.54) is 0 Å². The van der Waals surface area contributed by atoms with Crippen LogP contribution in [0, 0.1) is 5.41 Å². The topological polar surface area (TPSA) is 18.5 Å². The third-order valence-corrected chi connectivity index (χ3v) is 2.72. The Kier molecular flexibility index (Phi) is 7.34. The van der Waals surface area contributed by atoms with Gasteiger partial charge in [0.25, 0.3) is 0 Å². The van der Waals surface area contributed by atoms with Crippen LogP contribution in [0.4, 0.5) is 0 Å². The first-order valence-electron chi connectivity index (χ1n) is 5.24. The largest absolute Gasteiger partial charge is 0.353 e. The summed E-state index contributed by atoms with van der Waals surface area (Å²) < 4.78 is 12.4. The van der Waals surface area contributed by atoms with Gasteiger partial charge in [0.15, 0.2) is 6.29 Å². The first-order valence-corrected chi connectivity index (χ1v) is 6.77. The highest BCUT2D eigenvalue weighted by Gasteiger charge is 2.26. The van der Waals surface area contributed by atoms with E-state index in [0.717, 1.165) is 10.8 Å². The van der Waals surface area contributed by atoms with Crippen LogP contribution in [0.25, 0.3) is 0 Å². The maximum Gasteiger partial charge on any atom is 0.155 e. The van der Waals surface area contributed by atoms with Crippen LogP contribution in [-0.2, 0) is 9.47 Å². The fourth-order valence-corrected chi connectivity index (χ4v) is 1.88. The molecule has 0 spiro atoms. The minimum atomic E-state index is -0.0906. The van der Waals surface area contributed by atoms with Crippen molar-refractivity contribution in [2.24, 2.45) is 5.41 Å². The molecule has 0 heterocycles. The van der Waals surface area contributed by atoms with Gasteiger partial charge in [0.2, 0.25) is 0 Å². The van der Waals surface area contributed by atoms with Crippen molar-refractivity contribution in [2.45, 2.75) is 53.4 Å². The van der Waals surface area contributed by atoms with E-state index in [9.17, 15) is 0 Å². The third kappa shape index (κ3) is 6.19. The molecule has 2 atom stereocenters. The highest BCUT2D eigenvalue weighted by Crippen LogP contribution is 2.26. The van der Waals surface area contributed by atoms with Crippen LogP contribution in [0.1, 0.15) is 41.0 Å². The van der Waals surface area contributed by atoms with E-state index in [1.54, 1.807) is 0 Å². The second-order valence-electron chi connectivity index (χ2n) is 4.49. The molecule has 86 valence electrons. The van der Waals surface area contributed by atoms with Gasteiger partial charge < -0.3 is 9.47 Å². The van der Waals surface area contributed by atoms with Crippen molar-refractivity contribution >= 4 is 22.6 Å². The van der Waals surface area contributed by atoms with E-state index >= 15 is 0 Å². The van der Waals surface area contributed by atoms with Crippen molar-refractivity contribution in [3.8, 4) is 0 Å². The molecular formula is C11H23IO2. The van der Waals surface area contributed by atoms with Gasteiger partial charge in [-0.2, -0.15) is 0 Å². The smallest absolute Gasteiger partial charge is 0.155 e. The number of alkyl halides is 1. The van der Waals surface area contributed by atoms with E-state index in [4.69, 9.17) is 9.47 Å². The minimum absolute atomic E-state index is 0.0906. The monoisotopic (exact) mass is 314 g/mol. The minimum Gasteiger partial charge on any atom is -0.353 e. The molecule has 2 unspecified atom stereocenters. The lowest BCUT2D eigenvalue weighted by molar-refractivity contribution is -0.180. The van der Waals surface area contributed by atoms with Gasteiger partial charge in [0, 0.05) is 11.0 Å². The van der Waals surface area contributed by atoms with Crippen molar-refractivity contribution in [1.29, 1.82) is 0 Å². The summed E-state index contributed by atoms with van der Waals surface area (Å²) in [6, 6.07) is 0. The number of hydrogen-bond acceptors (Lipinski definition) is 2. The second kappa shape index (κ2) is 7.01. The quantitative estimate of drug-likeness (QED) is 0.423. The summed E-state index contributed by atoms with van der Waals surface area (Å²) in [6.07, 6.45) is 1.27. The Morgan fingerprint density at radius 1 is 1.29 bits per heavy atom. The summed E-state index contributed by atoms with van der Waals surface area (Å²) >= 11 is 2.39. The summed E-state index contributed by atoms with van der Waals surface area (Å²) in [4.78, 5) is 0. The molecule has 0 aliphatic carbocycles. The zero-order valence-electron chi connectivity index (χ0n) is 9.97. The Balaban J connectivity index is 4.09. The lowest BCUT2D eigenvalue weighted by atomic mass is 9.87. The summed E-state index contributed by atoms with van der Waals surface area (Å²) in [6.45, 7) is 11.3. The molecule has 14 heavy (non-hydrogen) atoms. The Hall–Kier alpha value is 0.650. The van der Waals surface area contributed by atoms with Crippen LogP contribution in [0.3, 0.4) is 0 Å². The molecule has 2 nitrogen and oxygen atoms in total. The Morgan fingerprint density at radius 3 is 2.21 bits per heavy atom. The molecule has 0 aromatic rings. The molecule has 0 aliphatic heterocycles. The average molecular weight is 314 g/mol. The summed E-state index contributed by atoms with van der Waals surface area (Å²) in [5.74, 6) is 0. The standard InChI is InChI=1S/C11H23IO2/c1-6-13-9(2)14-10(7-8-12)11(3,4)5/h9-10H,6-8H2,1-5H3. The summed E-state index contributed by atoms with van der Waals surface area (Å²) in [7, 11) is 0. The normalized spacial score (nSPS) is 16.7. The molecule has 0 saturated heterocycles. The van der Waals surface area contributed by atoms with Gasteiger partial charge in [-0.15, -0.1) is 0 Å². The predicted molar refractivity (Wildman–Crippen MR) is 68.9 cm³/mol. The lowest BCUT2D eigenvalue weighted by Gasteiger charge is -2.32. The predicted octanol–water partition coefficient (Wildman–Crippen LogP) is 3.63. The van der Waals surface area contributed by atoms with Crippen molar-refractivity contribution in [2.75, 3.05) is 11.0 Å². The first-order chi connectivity index (χ1) is 6.41. The molecule has 0 radical (unpaired) electrons. The maximum atomic E-state index is 5.87. The Labute approximate surface area is 102 Å². The Bertz CT molecular complexity index is 143. The van der Waals surface area contributed by atoms with E-state index < -0.39 is 0 Å². The van der Waals surface area contributed by atoms with Gasteiger partial charge in [-0.25, -0.2) is 0 Å². The van der Waals surface area contributed by atoms with Crippen LogP contribution < -0.4 is 0 Å². The SMILES string of the molecule is CCOC(C)OC(CCI)C(C)(C)C. The van der Waals surface area contributed by atoms with Gasteiger partial charge in [-0.3, -0.25) is 0 Å². The molecule has 3 heteroatoms. The lowest BCUT2D eigenvalue weighted by Crippen LogP contribution is -2.33. The number of rotatable bonds is 6. The Morgan fingerprint density at radius 2 is 1.86 bits per heavy atom. The zero-order chi connectivity index (χ0) is 11.2. The van der Waals surface area contributed by atoms with Crippen LogP contribution >= 0.6 is 22.6 Å². The van der Waals surface area contributed by atoms with E-state index in [0.29, 0.717) is 6.61 Å². The number of halogens is 1. The molecule has 0 bridgehead atoms. The molecule has 0 aliphatic rings. The number of hydrogen-bond donors (Lipinski definition) is 0. The number of ether oxygens (including phenoxy) is 2. The maximum absolute atomic E-state index is 5.87. The van der Waals surface area contributed by atoms with Gasteiger partial charge in [-0.05, 0) is 25.7 Å². The highest BCUT2D eigenvalue weighted by molar-refractivity contribution is 14.1. The van der Waals surface area contributed by atoms with Gasteiger partial charge in [-0.1, -0.05) is 43.4 Å². The molecule has 0 fully saturated rings. The van der Waals surface area contributed by atoms with Gasteiger partial charge in [0.05, 0.1) is 6.10 Å². The van der Waals surface area contributed by atoms with E-state index in [2.05, 4.69) is 43.4 Å². The summed E-state index contributed by atoms with van der Waals surface area (Å²) in [5.41, 5.74) is 0.191. The molecular weight excluding hydrogens is 291 g/mol. The van der Waals surface area contributed by atoms with Crippen molar-refractivity contribution < 1.29 is 9.47 Å².